The molecule has 2 amide bonds. The Hall–Kier alpha value is -2.76. The number of esters is 1. The van der Waals surface area contributed by atoms with E-state index in [-0.39, 0.29) is 23.2 Å². The molecule has 1 aliphatic heterocycles. The van der Waals surface area contributed by atoms with E-state index in [0.717, 1.165) is 16.7 Å². The van der Waals surface area contributed by atoms with Crippen LogP contribution in [0.2, 0.25) is 0 Å². The summed E-state index contributed by atoms with van der Waals surface area (Å²) in [5, 5.41) is 16.4. The third-order valence-corrected chi connectivity index (χ3v) is 4.90. The van der Waals surface area contributed by atoms with Crippen LogP contribution >= 0.6 is 0 Å². The van der Waals surface area contributed by atoms with Crippen LogP contribution in [-0.2, 0) is 20.4 Å². The van der Waals surface area contributed by atoms with Crippen LogP contribution in [-0.4, -0.2) is 23.7 Å². The van der Waals surface area contributed by atoms with Gasteiger partial charge in [-0.1, -0.05) is 54.2 Å². The monoisotopic (exact) mass is 400 g/mol. The fourth-order valence-electron chi connectivity index (χ4n) is 3.39. The van der Waals surface area contributed by atoms with Gasteiger partial charge in [-0.3, -0.25) is 0 Å². The summed E-state index contributed by atoms with van der Waals surface area (Å²) < 4.78 is 5.25. The van der Waals surface area contributed by atoms with Gasteiger partial charge < -0.3 is 20.5 Å². The minimum Gasteiger partial charge on any atom is -0.507 e. The van der Waals surface area contributed by atoms with Crippen molar-refractivity contribution in [2.24, 2.45) is 0 Å². The Labute approximate surface area is 173 Å². The maximum Gasteiger partial charge on any atom is 0.338 e. The first-order valence-corrected chi connectivity index (χ1v) is 9.71. The summed E-state index contributed by atoms with van der Waals surface area (Å²) in [7, 11) is 0. The number of benzene rings is 1. The number of hydrogen-bond acceptors (Lipinski definition) is 4. The third-order valence-electron chi connectivity index (χ3n) is 4.90. The van der Waals surface area contributed by atoms with Crippen molar-refractivity contribution < 1.29 is 19.4 Å². The minimum absolute atomic E-state index is 0.0757. The molecule has 3 N–H and O–H groups in total. The predicted molar refractivity (Wildman–Crippen MR) is 114 cm³/mol. The highest BCUT2D eigenvalue weighted by molar-refractivity contribution is 5.95. The number of nitrogens with one attached hydrogen (secondary N) is 2. The summed E-state index contributed by atoms with van der Waals surface area (Å²) in [5.74, 6) is -0.284. The van der Waals surface area contributed by atoms with Crippen LogP contribution in [0.15, 0.2) is 36.1 Å². The van der Waals surface area contributed by atoms with Crippen LogP contribution in [0.3, 0.4) is 0 Å². The van der Waals surface area contributed by atoms with Gasteiger partial charge >= 0.3 is 12.0 Å². The third kappa shape index (κ3) is 4.81. The number of allylic oxidation sites excluding steroid dienone is 1. The van der Waals surface area contributed by atoms with Gasteiger partial charge in [-0.15, -0.1) is 0 Å². The van der Waals surface area contributed by atoms with E-state index in [0.29, 0.717) is 11.3 Å². The molecule has 0 spiro atoms. The summed E-state index contributed by atoms with van der Waals surface area (Å²) in [6.45, 7) is 17.4. The first-order chi connectivity index (χ1) is 13.3. The second-order valence-corrected chi connectivity index (χ2v) is 9.42. The lowest BCUT2D eigenvalue weighted by Crippen LogP contribution is -2.45. The van der Waals surface area contributed by atoms with E-state index in [4.69, 9.17) is 4.74 Å². The summed E-state index contributed by atoms with van der Waals surface area (Å²) in [5.41, 5.74) is 2.33. The molecular weight excluding hydrogens is 368 g/mol. The molecular formula is C23H32N2O4. The Morgan fingerprint density at radius 2 is 1.69 bits per heavy atom. The molecule has 1 aliphatic rings. The van der Waals surface area contributed by atoms with Crippen molar-refractivity contribution in [3.8, 4) is 5.75 Å². The van der Waals surface area contributed by atoms with Crippen molar-refractivity contribution in [3.05, 3.63) is 52.7 Å². The van der Waals surface area contributed by atoms with E-state index < -0.39 is 18.0 Å². The van der Waals surface area contributed by atoms with Gasteiger partial charge in [0.2, 0.25) is 0 Å². The lowest BCUT2D eigenvalue weighted by Gasteiger charge is -2.32. The molecule has 1 aromatic carbocycles. The van der Waals surface area contributed by atoms with Crippen molar-refractivity contribution in [2.45, 2.75) is 65.3 Å². The highest BCUT2D eigenvalue weighted by Crippen LogP contribution is 2.42. The topological polar surface area (TPSA) is 87.7 Å². The molecule has 1 atom stereocenters. The Kier molecular flexibility index (Phi) is 6.16. The van der Waals surface area contributed by atoms with Crippen LogP contribution in [0, 0.1) is 0 Å². The molecule has 0 radical (unpaired) electrons. The average Bonchev–Trinajstić information content (AvgIpc) is 2.57. The van der Waals surface area contributed by atoms with Crippen LogP contribution in [0.25, 0.3) is 0 Å². The van der Waals surface area contributed by atoms with E-state index in [1.165, 1.54) is 6.08 Å². The Bertz CT molecular complexity index is 835. The summed E-state index contributed by atoms with van der Waals surface area (Å²) in [6.07, 6.45) is 1.49. The molecule has 0 bridgehead atoms. The van der Waals surface area contributed by atoms with Gasteiger partial charge in [0.05, 0.1) is 11.6 Å². The zero-order valence-electron chi connectivity index (χ0n) is 18.4. The van der Waals surface area contributed by atoms with Gasteiger partial charge in [-0.25, -0.2) is 9.59 Å². The van der Waals surface area contributed by atoms with Gasteiger partial charge in [0.15, 0.2) is 0 Å². The standard InChI is InChI=1S/C23H32N2O4/c1-9-10-29-20(27)17-13(2)24-21(28)25-18(17)14-11-15(22(3,4)5)19(26)16(12-14)23(6,7)8/h9,11-12,18,26H,1,10H2,2-8H3,(H2,24,25,28). The van der Waals surface area contributed by atoms with Gasteiger partial charge in [0, 0.05) is 5.70 Å². The fourth-order valence-corrected chi connectivity index (χ4v) is 3.39. The van der Waals surface area contributed by atoms with Crippen molar-refractivity contribution in [1.82, 2.24) is 10.6 Å². The zero-order valence-corrected chi connectivity index (χ0v) is 18.4. The quantitative estimate of drug-likeness (QED) is 0.518. The van der Waals surface area contributed by atoms with Crippen LogP contribution in [0.4, 0.5) is 4.79 Å². The maximum absolute atomic E-state index is 12.7. The first-order valence-electron chi connectivity index (χ1n) is 9.71. The Morgan fingerprint density at radius 1 is 1.17 bits per heavy atom. The van der Waals surface area contributed by atoms with E-state index in [9.17, 15) is 14.7 Å². The average molecular weight is 401 g/mol. The van der Waals surface area contributed by atoms with E-state index >= 15 is 0 Å². The minimum atomic E-state index is -0.691. The van der Waals surface area contributed by atoms with Crippen molar-refractivity contribution in [3.63, 3.8) is 0 Å². The van der Waals surface area contributed by atoms with Gasteiger partial charge in [0.1, 0.15) is 12.4 Å². The van der Waals surface area contributed by atoms with E-state index in [1.807, 2.05) is 53.7 Å². The van der Waals surface area contributed by atoms with Crippen molar-refractivity contribution >= 4 is 12.0 Å². The lowest BCUT2D eigenvalue weighted by molar-refractivity contribution is -0.138. The SMILES string of the molecule is C=CCOC(=O)C1=C(C)NC(=O)NC1c1cc(C(C)(C)C)c(O)c(C(C)(C)C)c1. The summed E-state index contributed by atoms with van der Waals surface area (Å²) >= 11 is 0. The number of amides is 2. The Morgan fingerprint density at radius 3 is 2.14 bits per heavy atom. The molecule has 2 rings (SSSR count). The largest absolute Gasteiger partial charge is 0.507 e. The molecule has 0 aromatic heterocycles. The first kappa shape index (κ1) is 22.5. The van der Waals surface area contributed by atoms with E-state index in [1.54, 1.807) is 6.92 Å². The zero-order chi connectivity index (χ0) is 22.1. The lowest BCUT2D eigenvalue weighted by atomic mass is 9.77. The molecule has 0 saturated carbocycles. The molecule has 0 saturated heterocycles. The second-order valence-electron chi connectivity index (χ2n) is 9.42. The molecule has 1 heterocycles. The second kappa shape index (κ2) is 7.93. The number of hydrogen-bond donors (Lipinski definition) is 3. The number of ether oxygens (including phenoxy) is 1. The Balaban J connectivity index is 2.72. The molecule has 6 nitrogen and oxygen atoms in total. The predicted octanol–water partition coefficient (Wildman–Crippen LogP) is 4.34. The molecule has 1 aromatic rings. The number of phenols is 1. The number of carbonyl (C=O) groups excluding carboxylic acids is 2. The normalized spacial score (nSPS) is 17.5. The summed E-state index contributed by atoms with van der Waals surface area (Å²) in [6, 6.07) is 2.63. The number of rotatable bonds is 4. The van der Waals surface area contributed by atoms with E-state index in [2.05, 4.69) is 17.2 Å². The molecule has 0 fully saturated rings. The number of phenolic OH excluding ortho intramolecular Hbond substituents is 1. The molecule has 1 unspecified atom stereocenters. The molecule has 158 valence electrons. The van der Waals surface area contributed by atoms with Gasteiger partial charge in [-0.05, 0) is 46.6 Å². The highest BCUT2D eigenvalue weighted by Gasteiger charge is 2.35. The van der Waals surface area contributed by atoms with Crippen LogP contribution in [0.1, 0.15) is 71.2 Å². The molecule has 6 heteroatoms. The van der Waals surface area contributed by atoms with Crippen LogP contribution < -0.4 is 10.6 Å². The number of carbonyl (C=O) groups is 2. The number of aromatic hydroxyl groups is 1. The highest BCUT2D eigenvalue weighted by atomic mass is 16.5. The number of urea groups is 1. The fraction of sp³-hybridized carbons (Fsp3) is 0.478. The van der Waals surface area contributed by atoms with Gasteiger partial charge in [0.25, 0.3) is 0 Å². The summed E-state index contributed by atoms with van der Waals surface area (Å²) in [4.78, 5) is 24.9. The maximum atomic E-state index is 12.7. The van der Waals surface area contributed by atoms with Gasteiger partial charge in [-0.2, -0.15) is 0 Å². The van der Waals surface area contributed by atoms with Crippen molar-refractivity contribution in [1.29, 1.82) is 0 Å². The smallest absolute Gasteiger partial charge is 0.338 e. The molecule has 29 heavy (non-hydrogen) atoms. The van der Waals surface area contributed by atoms with Crippen LogP contribution in [0.5, 0.6) is 5.75 Å². The van der Waals surface area contributed by atoms with Crippen molar-refractivity contribution in [2.75, 3.05) is 6.61 Å². The molecule has 0 aliphatic carbocycles.